The number of hydrogen-bond donors (Lipinski definition) is 0. The molecule has 0 spiro atoms. The Balaban J connectivity index is 1.71. The first-order valence-corrected chi connectivity index (χ1v) is 10.2. The van der Waals surface area contributed by atoms with Gasteiger partial charge in [0.05, 0.1) is 5.02 Å². The van der Waals surface area contributed by atoms with Crippen LogP contribution in [0.25, 0.3) is 0 Å². The molecule has 1 heterocycles. The highest BCUT2D eigenvalue weighted by atomic mass is 35.5. The van der Waals surface area contributed by atoms with Crippen molar-refractivity contribution in [3.8, 4) is 5.75 Å². The van der Waals surface area contributed by atoms with Gasteiger partial charge in [0.25, 0.3) is 0 Å². The lowest BCUT2D eigenvalue weighted by Crippen LogP contribution is -2.07. The van der Waals surface area contributed by atoms with Crippen LogP contribution in [0, 0.1) is 0 Å². The van der Waals surface area contributed by atoms with Gasteiger partial charge in [0.1, 0.15) is 12.4 Å². The lowest BCUT2D eigenvalue weighted by Gasteiger charge is -2.10. The second-order valence-corrected chi connectivity index (χ2v) is 7.80. The summed E-state index contributed by atoms with van der Waals surface area (Å²) in [6.07, 6.45) is 1.80. The minimum atomic E-state index is 0.225. The monoisotopic (exact) mass is 439 g/mol. The van der Waals surface area contributed by atoms with E-state index in [4.69, 9.17) is 39.5 Å². The smallest absolute Gasteiger partial charge is 0.191 e. The Morgan fingerprint density at radius 3 is 2.52 bits per heavy atom. The zero-order chi connectivity index (χ0) is 19.2. The molecule has 0 atom stereocenters. The molecule has 0 radical (unpaired) electrons. The number of halogens is 3. The topological polar surface area (TPSA) is 39.9 Å². The van der Waals surface area contributed by atoms with Gasteiger partial charge in [-0.2, -0.15) is 0 Å². The van der Waals surface area contributed by atoms with Crippen LogP contribution in [0.15, 0.2) is 60.3 Å². The van der Waals surface area contributed by atoms with Crippen molar-refractivity contribution >= 4 is 46.6 Å². The second kappa shape index (κ2) is 9.51. The highest BCUT2D eigenvalue weighted by Crippen LogP contribution is 2.29. The van der Waals surface area contributed by atoms with Crippen molar-refractivity contribution in [3.63, 3.8) is 0 Å². The van der Waals surface area contributed by atoms with Crippen molar-refractivity contribution in [1.29, 1.82) is 0 Å². The molecule has 27 heavy (non-hydrogen) atoms. The van der Waals surface area contributed by atoms with Crippen LogP contribution in [-0.2, 0) is 18.9 Å². The molecule has 0 aliphatic rings. The van der Waals surface area contributed by atoms with Crippen LogP contribution in [0.4, 0.5) is 0 Å². The fourth-order valence-electron chi connectivity index (χ4n) is 2.30. The number of allylic oxidation sites excluding steroid dienone is 1. The number of aromatic nitrogens is 3. The maximum absolute atomic E-state index is 6.14. The van der Waals surface area contributed by atoms with E-state index >= 15 is 0 Å². The van der Waals surface area contributed by atoms with Crippen molar-refractivity contribution < 1.29 is 4.74 Å². The molecule has 0 saturated carbocycles. The van der Waals surface area contributed by atoms with Crippen LogP contribution < -0.4 is 4.74 Å². The average Bonchev–Trinajstić information content (AvgIpc) is 3.04. The third-order valence-electron chi connectivity index (χ3n) is 3.64. The Kier molecular flexibility index (Phi) is 7.07. The molecule has 0 N–H and O–H groups in total. The number of thioether (sulfide) groups is 1. The van der Waals surface area contributed by atoms with Gasteiger partial charge in [-0.05, 0) is 29.8 Å². The number of ether oxygens (including phenoxy) is 1. The number of benzene rings is 2. The average molecular weight is 441 g/mol. The van der Waals surface area contributed by atoms with E-state index in [1.54, 1.807) is 36.0 Å². The molecule has 3 aromatic rings. The van der Waals surface area contributed by atoms with Crippen molar-refractivity contribution in [2.75, 3.05) is 0 Å². The first kappa shape index (κ1) is 20.1. The van der Waals surface area contributed by atoms with E-state index in [1.807, 2.05) is 28.8 Å². The number of nitrogens with zero attached hydrogens (tertiary/aromatic N) is 3. The summed E-state index contributed by atoms with van der Waals surface area (Å²) in [6.45, 7) is 4.62. The molecule has 0 aliphatic heterocycles. The van der Waals surface area contributed by atoms with Crippen LogP contribution in [0.5, 0.6) is 5.75 Å². The molecule has 4 nitrogen and oxygen atoms in total. The van der Waals surface area contributed by atoms with Crippen molar-refractivity contribution in [3.05, 3.63) is 81.6 Å². The normalized spacial score (nSPS) is 10.8. The first-order chi connectivity index (χ1) is 13.1. The Hall–Kier alpha value is -1.66. The molecule has 0 amide bonds. The van der Waals surface area contributed by atoms with Crippen molar-refractivity contribution in [2.45, 2.75) is 24.1 Å². The van der Waals surface area contributed by atoms with Gasteiger partial charge >= 0.3 is 0 Å². The van der Waals surface area contributed by atoms with E-state index in [-0.39, 0.29) is 6.61 Å². The van der Waals surface area contributed by atoms with E-state index in [0.29, 0.717) is 28.2 Å². The molecule has 0 unspecified atom stereocenters. The van der Waals surface area contributed by atoms with Crippen LogP contribution in [0.1, 0.15) is 11.4 Å². The minimum Gasteiger partial charge on any atom is -0.484 e. The Labute approximate surface area is 177 Å². The van der Waals surface area contributed by atoms with E-state index < -0.39 is 0 Å². The van der Waals surface area contributed by atoms with Crippen LogP contribution in [-0.4, -0.2) is 14.8 Å². The molecule has 0 fully saturated rings. The number of rotatable bonds is 8. The highest BCUT2D eigenvalue weighted by molar-refractivity contribution is 7.98. The Morgan fingerprint density at radius 1 is 1.04 bits per heavy atom. The molecule has 3 rings (SSSR count). The van der Waals surface area contributed by atoms with Crippen LogP contribution in [0.2, 0.25) is 15.1 Å². The third kappa shape index (κ3) is 5.42. The van der Waals surface area contributed by atoms with Gasteiger partial charge < -0.3 is 4.74 Å². The standard InChI is InChI=1S/C19H16Cl3N3OS/c1-2-9-25-18(11-26-17-10-15(21)7-8-16(17)22)23-24-19(25)27-12-13-3-5-14(20)6-4-13/h2-8,10H,1,9,11-12H2. The van der Waals surface area contributed by atoms with Gasteiger partial charge in [0, 0.05) is 28.4 Å². The SMILES string of the molecule is C=CCn1c(COc2cc(Cl)ccc2Cl)nnc1SCc1ccc(Cl)cc1. The highest BCUT2D eigenvalue weighted by Gasteiger charge is 2.13. The van der Waals surface area contributed by atoms with E-state index in [0.717, 1.165) is 21.5 Å². The summed E-state index contributed by atoms with van der Waals surface area (Å²) >= 11 is 19.7. The van der Waals surface area contributed by atoms with E-state index in [9.17, 15) is 0 Å². The summed E-state index contributed by atoms with van der Waals surface area (Å²) in [5, 5.41) is 11.1. The summed E-state index contributed by atoms with van der Waals surface area (Å²) in [5.74, 6) is 1.95. The van der Waals surface area contributed by atoms with Crippen molar-refractivity contribution in [2.24, 2.45) is 0 Å². The largest absolute Gasteiger partial charge is 0.484 e. The first-order valence-electron chi connectivity index (χ1n) is 8.05. The summed E-state index contributed by atoms with van der Waals surface area (Å²) < 4.78 is 7.75. The van der Waals surface area contributed by atoms with E-state index in [1.165, 1.54) is 0 Å². The zero-order valence-corrected chi connectivity index (χ0v) is 17.3. The molecule has 8 heteroatoms. The van der Waals surface area contributed by atoms with E-state index in [2.05, 4.69) is 16.8 Å². The summed E-state index contributed by atoms with van der Waals surface area (Å²) in [6, 6.07) is 12.8. The lowest BCUT2D eigenvalue weighted by atomic mass is 10.2. The molecule has 2 aromatic carbocycles. The molecule has 1 aromatic heterocycles. The summed E-state index contributed by atoms with van der Waals surface area (Å²) in [5.41, 5.74) is 1.15. The lowest BCUT2D eigenvalue weighted by molar-refractivity contribution is 0.289. The fraction of sp³-hybridized carbons (Fsp3) is 0.158. The Morgan fingerprint density at radius 2 is 1.78 bits per heavy atom. The van der Waals surface area contributed by atoms with Gasteiger partial charge in [-0.1, -0.05) is 64.8 Å². The maximum atomic E-state index is 6.14. The molecular formula is C19H16Cl3N3OS. The predicted octanol–water partition coefficient (Wildman–Crippen LogP) is 6.30. The maximum Gasteiger partial charge on any atom is 0.191 e. The second-order valence-electron chi connectivity index (χ2n) is 5.58. The quantitative estimate of drug-likeness (QED) is 0.304. The predicted molar refractivity (Wildman–Crippen MR) is 112 cm³/mol. The minimum absolute atomic E-state index is 0.225. The number of hydrogen-bond acceptors (Lipinski definition) is 4. The van der Waals surface area contributed by atoms with Gasteiger partial charge in [-0.3, -0.25) is 4.57 Å². The van der Waals surface area contributed by atoms with Crippen molar-refractivity contribution in [1.82, 2.24) is 14.8 Å². The van der Waals surface area contributed by atoms with Gasteiger partial charge in [0.15, 0.2) is 11.0 Å². The van der Waals surface area contributed by atoms with Gasteiger partial charge in [-0.15, -0.1) is 16.8 Å². The zero-order valence-electron chi connectivity index (χ0n) is 14.2. The third-order valence-corrected chi connectivity index (χ3v) is 5.47. The van der Waals surface area contributed by atoms with Gasteiger partial charge in [0.2, 0.25) is 0 Å². The Bertz CT molecular complexity index is 928. The molecule has 0 bridgehead atoms. The summed E-state index contributed by atoms with van der Waals surface area (Å²) in [7, 11) is 0. The van der Waals surface area contributed by atoms with Crippen LogP contribution >= 0.6 is 46.6 Å². The molecule has 0 aliphatic carbocycles. The summed E-state index contributed by atoms with van der Waals surface area (Å²) in [4.78, 5) is 0. The van der Waals surface area contributed by atoms with Gasteiger partial charge in [-0.25, -0.2) is 0 Å². The van der Waals surface area contributed by atoms with Crippen LogP contribution in [0.3, 0.4) is 0 Å². The molecular weight excluding hydrogens is 425 g/mol. The molecule has 0 saturated heterocycles. The molecule has 140 valence electrons. The fourth-order valence-corrected chi connectivity index (χ4v) is 3.69.